The van der Waals surface area contributed by atoms with Crippen molar-refractivity contribution in [1.29, 1.82) is 0 Å². The first-order valence-electron chi connectivity index (χ1n) is 21.1. The molecule has 9 heteroatoms. The van der Waals surface area contributed by atoms with Crippen molar-refractivity contribution in [3.63, 3.8) is 0 Å². The van der Waals surface area contributed by atoms with Gasteiger partial charge in [0.25, 0.3) is 0 Å². The first kappa shape index (κ1) is 42.9. The monoisotopic (exact) mass is 800 g/mol. The van der Waals surface area contributed by atoms with Gasteiger partial charge >= 0.3 is 17.2 Å². The summed E-state index contributed by atoms with van der Waals surface area (Å²) in [6.45, 7) is 5.56. The highest BCUT2D eigenvalue weighted by atomic mass is 16.6. The number of unbranched alkanes of at least 4 members (excludes halogenated alkanes) is 9. The van der Waals surface area contributed by atoms with Gasteiger partial charge < -0.3 is 27.8 Å². The quantitative estimate of drug-likeness (QED) is 0.0335. The molecule has 0 N–H and O–H groups in total. The van der Waals surface area contributed by atoms with E-state index in [0.717, 1.165) is 54.0 Å². The summed E-state index contributed by atoms with van der Waals surface area (Å²) in [7, 11) is 0. The highest BCUT2D eigenvalue weighted by molar-refractivity contribution is 5.83. The third-order valence-corrected chi connectivity index (χ3v) is 10.2. The van der Waals surface area contributed by atoms with E-state index in [1.165, 1.54) is 32.1 Å². The molecule has 9 nitrogen and oxygen atoms in total. The summed E-state index contributed by atoms with van der Waals surface area (Å²) in [6.07, 6.45) is 11.3. The number of carbonyl (C=O) groups is 1. The van der Waals surface area contributed by atoms with Crippen LogP contribution in [0, 0.1) is 5.92 Å². The summed E-state index contributed by atoms with van der Waals surface area (Å²) in [4.78, 5) is 37.4. The average molecular weight is 801 g/mol. The Labute approximate surface area is 346 Å². The zero-order valence-corrected chi connectivity index (χ0v) is 34.3. The Morgan fingerprint density at radius 3 is 1.44 bits per heavy atom. The van der Waals surface area contributed by atoms with E-state index in [-0.39, 0.29) is 19.2 Å². The van der Waals surface area contributed by atoms with Crippen LogP contribution in [-0.4, -0.2) is 38.5 Å². The van der Waals surface area contributed by atoms with E-state index in [9.17, 15) is 14.4 Å². The summed E-state index contributed by atoms with van der Waals surface area (Å²) in [5, 5.41) is 1.59. The molecule has 59 heavy (non-hydrogen) atoms. The predicted octanol–water partition coefficient (Wildman–Crippen LogP) is 11.6. The van der Waals surface area contributed by atoms with Crippen LogP contribution in [0.4, 0.5) is 0 Å². The number of carbonyl (C=O) groups excluding carboxylic acids is 1. The second-order valence-electron chi connectivity index (χ2n) is 15.5. The van der Waals surface area contributed by atoms with Gasteiger partial charge in [-0.05, 0) is 66.3 Å². The third kappa shape index (κ3) is 13.4. The number of hydrogen-bond acceptors (Lipinski definition) is 9. The van der Waals surface area contributed by atoms with Crippen LogP contribution in [0.1, 0.15) is 84.5 Å². The van der Waals surface area contributed by atoms with Gasteiger partial charge in [-0.15, -0.1) is 0 Å². The van der Waals surface area contributed by atoms with E-state index in [1.54, 1.807) is 12.1 Å². The summed E-state index contributed by atoms with van der Waals surface area (Å²) in [5.41, 5.74) is 2.67. The summed E-state index contributed by atoms with van der Waals surface area (Å²) < 4.78 is 35.4. The minimum absolute atomic E-state index is 0.0875. The zero-order chi connectivity index (χ0) is 41.2. The van der Waals surface area contributed by atoms with Crippen LogP contribution >= 0.6 is 0 Å². The maximum Gasteiger partial charge on any atom is 0.344 e. The van der Waals surface area contributed by atoms with Gasteiger partial charge in [0.15, 0.2) is 0 Å². The second kappa shape index (κ2) is 22.5. The highest BCUT2D eigenvalue weighted by Crippen LogP contribution is 2.27. The molecule has 2 heterocycles. The molecule has 0 atom stereocenters. The van der Waals surface area contributed by atoms with E-state index >= 15 is 0 Å². The Morgan fingerprint density at radius 2 is 0.983 bits per heavy atom. The van der Waals surface area contributed by atoms with Crippen molar-refractivity contribution in [2.24, 2.45) is 5.92 Å². The molecule has 0 spiro atoms. The van der Waals surface area contributed by atoms with E-state index in [1.807, 2.05) is 111 Å². The molecule has 0 aliphatic carbocycles. The molecule has 0 bridgehead atoms. The molecule has 0 fully saturated rings. The number of fused-ring (bicyclic) bond motifs is 2. The molecule has 6 aromatic rings. The summed E-state index contributed by atoms with van der Waals surface area (Å²) in [6, 6.07) is 33.5. The van der Waals surface area contributed by atoms with Gasteiger partial charge in [-0.1, -0.05) is 126 Å². The van der Waals surface area contributed by atoms with Crippen LogP contribution in [0.15, 0.2) is 128 Å². The molecule has 4 aromatic carbocycles. The number of esters is 1. The maximum absolute atomic E-state index is 12.9. The molecule has 310 valence electrons. The van der Waals surface area contributed by atoms with Crippen molar-refractivity contribution in [1.82, 2.24) is 0 Å². The number of hydrogen-bond donors (Lipinski definition) is 0. The Morgan fingerprint density at radius 1 is 0.542 bits per heavy atom. The van der Waals surface area contributed by atoms with E-state index in [2.05, 4.69) is 0 Å². The lowest BCUT2D eigenvalue weighted by Crippen LogP contribution is -2.29. The SMILES string of the molecule is CC(C)CC(=O)OCCCCCCCCCCCCOC(COc1ccc2cc(-c3ccccc3)c(=O)oc2c1)COc1ccc2cc(-c3ccccc3)c(=O)oc2c1. The summed E-state index contributed by atoms with van der Waals surface area (Å²) in [5.74, 6) is 1.35. The molecule has 0 amide bonds. The van der Waals surface area contributed by atoms with Gasteiger partial charge in [0.05, 0.1) is 17.7 Å². The van der Waals surface area contributed by atoms with Crippen LogP contribution in [0.3, 0.4) is 0 Å². The van der Waals surface area contributed by atoms with Crippen molar-refractivity contribution in [3.05, 3.63) is 130 Å². The standard InChI is InChI=1S/C50H56O9/c1-36(2)29-48(51)55-28-18-10-8-6-4-3-5-7-9-17-27-54-43(34-56-41-25-23-39-30-44(37-19-13-11-14-20-37)49(52)58-46(39)32-41)35-57-42-26-24-40-31-45(38-21-15-12-16-22-38)50(53)59-47(40)33-42/h11-16,19-26,30-33,36,43H,3-10,17-18,27-29,34-35H2,1-2H3. The Kier molecular flexibility index (Phi) is 16.3. The van der Waals surface area contributed by atoms with Gasteiger partial charge in [-0.2, -0.15) is 0 Å². The number of benzene rings is 4. The molecule has 0 saturated heterocycles. The Hall–Kier alpha value is -5.67. The van der Waals surface area contributed by atoms with Crippen LogP contribution in [0.5, 0.6) is 11.5 Å². The van der Waals surface area contributed by atoms with Crippen molar-refractivity contribution in [2.75, 3.05) is 26.4 Å². The normalized spacial score (nSPS) is 11.5. The average Bonchev–Trinajstić information content (AvgIpc) is 3.24. The zero-order valence-electron chi connectivity index (χ0n) is 34.3. The number of ether oxygens (including phenoxy) is 4. The lowest BCUT2D eigenvalue weighted by Gasteiger charge is -2.19. The van der Waals surface area contributed by atoms with Gasteiger partial charge in [0.1, 0.15) is 42.0 Å². The van der Waals surface area contributed by atoms with Crippen LogP contribution < -0.4 is 20.7 Å². The Balaban J connectivity index is 0.989. The molecular formula is C50H56O9. The fraction of sp³-hybridized carbons (Fsp3) is 0.380. The van der Waals surface area contributed by atoms with Crippen molar-refractivity contribution >= 4 is 27.9 Å². The second-order valence-corrected chi connectivity index (χ2v) is 15.5. The lowest BCUT2D eigenvalue weighted by molar-refractivity contribution is -0.144. The van der Waals surface area contributed by atoms with Crippen molar-refractivity contribution in [3.8, 4) is 33.8 Å². The predicted molar refractivity (Wildman–Crippen MR) is 233 cm³/mol. The highest BCUT2D eigenvalue weighted by Gasteiger charge is 2.15. The fourth-order valence-corrected chi connectivity index (χ4v) is 6.97. The molecule has 0 unspecified atom stereocenters. The molecule has 0 saturated carbocycles. The van der Waals surface area contributed by atoms with Crippen molar-refractivity contribution < 1.29 is 32.6 Å². The van der Waals surface area contributed by atoms with Crippen molar-refractivity contribution in [2.45, 2.75) is 90.6 Å². The van der Waals surface area contributed by atoms with Gasteiger partial charge in [-0.3, -0.25) is 4.79 Å². The molecule has 0 aliphatic rings. The summed E-state index contributed by atoms with van der Waals surface area (Å²) >= 11 is 0. The first-order chi connectivity index (χ1) is 28.8. The Bertz CT molecular complexity index is 2190. The van der Waals surface area contributed by atoms with E-state index in [0.29, 0.717) is 59.3 Å². The largest absolute Gasteiger partial charge is 0.491 e. The lowest BCUT2D eigenvalue weighted by atomic mass is 10.1. The van der Waals surface area contributed by atoms with E-state index in [4.69, 9.17) is 27.8 Å². The number of rotatable bonds is 24. The third-order valence-electron chi connectivity index (χ3n) is 10.2. The molecule has 6 rings (SSSR count). The van der Waals surface area contributed by atoms with Crippen LogP contribution in [0.25, 0.3) is 44.2 Å². The van der Waals surface area contributed by atoms with Gasteiger partial charge in [-0.25, -0.2) is 9.59 Å². The van der Waals surface area contributed by atoms with Crippen LogP contribution in [-0.2, 0) is 14.3 Å². The topological polar surface area (TPSA) is 114 Å². The minimum atomic E-state index is -0.411. The molecule has 0 radical (unpaired) electrons. The van der Waals surface area contributed by atoms with Crippen LogP contribution in [0.2, 0.25) is 0 Å². The van der Waals surface area contributed by atoms with E-state index < -0.39 is 17.4 Å². The first-order valence-corrected chi connectivity index (χ1v) is 21.1. The maximum atomic E-state index is 12.9. The molecular weight excluding hydrogens is 745 g/mol. The molecule has 2 aromatic heterocycles. The smallest absolute Gasteiger partial charge is 0.344 e. The minimum Gasteiger partial charge on any atom is -0.491 e. The van der Waals surface area contributed by atoms with Gasteiger partial charge in [0.2, 0.25) is 0 Å². The fourth-order valence-electron chi connectivity index (χ4n) is 6.97. The molecule has 0 aliphatic heterocycles. The van der Waals surface area contributed by atoms with Gasteiger partial charge in [0, 0.05) is 35.9 Å².